The van der Waals surface area contributed by atoms with Crippen LogP contribution in [0.25, 0.3) is 0 Å². The molecule has 0 radical (unpaired) electrons. The van der Waals surface area contributed by atoms with Crippen molar-refractivity contribution < 1.29 is 14.5 Å². The van der Waals surface area contributed by atoms with Crippen LogP contribution in [0.4, 0.5) is 11.4 Å². The van der Waals surface area contributed by atoms with Crippen molar-refractivity contribution in [2.75, 3.05) is 12.4 Å². The van der Waals surface area contributed by atoms with E-state index in [0.717, 1.165) is 11.1 Å². The maximum atomic E-state index is 12.3. The van der Waals surface area contributed by atoms with Crippen LogP contribution in [-0.4, -0.2) is 17.9 Å². The Hall–Kier alpha value is -2.89. The van der Waals surface area contributed by atoms with Gasteiger partial charge in [0.2, 0.25) is 0 Å². The zero-order chi connectivity index (χ0) is 16.3. The van der Waals surface area contributed by atoms with E-state index in [-0.39, 0.29) is 17.0 Å². The third kappa shape index (κ3) is 3.22. The minimum absolute atomic E-state index is 0.119. The first-order valence-electron chi connectivity index (χ1n) is 6.63. The van der Waals surface area contributed by atoms with E-state index < -0.39 is 10.8 Å². The van der Waals surface area contributed by atoms with Gasteiger partial charge in [-0.15, -0.1) is 0 Å². The zero-order valence-electron chi connectivity index (χ0n) is 12.5. The van der Waals surface area contributed by atoms with Crippen LogP contribution in [-0.2, 0) is 0 Å². The molecule has 0 heterocycles. The Morgan fingerprint density at radius 1 is 1.18 bits per heavy atom. The summed E-state index contributed by atoms with van der Waals surface area (Å²) in [6.45, 7) is 3.80. The van der Waals surface area contributed by atoms with E-state index in [1.54, 1.807) is 0 Å². The van der Waals surface area contributed by atoms with Crippen LogP contribution < -0.4 is 10.1 Å². The van der Waals surface area contributed by atoms with E-state index in [1.807, 2.05) is 32.0 Å². The number of benzene rings is 2. The lowest BCUT2D eigenvalue weighted by atomic mass is 10.1. The minimum Gasteiger partial charge on any atom is -0.490 e. The lowest BCUT2D eigenvalue weighted by Crippen LogP contribution is -2.13. The molecule has 0 aromatic heterocycles. The van der Waals surface area contributed by atoms with E-state index in [4.69, 9.17) is 4.74 Å². The van der Waals surface area contributed by atoms with Gasteiger partial charge in [-0.1, -0.05) is 12.1 Å². The molecule has 22 heavy (non-hydrogen) atoms. The van der Waals surface area contributed by atoms with Gasteiger partial charge in [0, 0.05) is 17.3 Å². The summed E-state index contributed by atoms with van der Waals surface area (Å²) in [5.74, 6) is -0.285. The summed E-state index contributed by atoms with van der Waals surface area (Å²) in [6, 6.07) is 9.82. The maximum Gasteiger partial charge on any atom is 0.311 e. The van der Waals surface area contributed by atoms with Crippen LogP contribution in [0.1, 0.15) is 21.5 Å². The summed E-state index contributed by atoms with van der Waals surface area (Å²) in [4.78, 5) is 22.7. The number of nitrogens with one attached hydrogen (secondary N) is 1. The molecule has 114 valence electrons. The monoisotopic (exact) mass is 300 g/mol. The lowest BCUT2D eigenvalue weighted by Gasteiger charge is -2.10. The second kappa shape index (κ2) is 6.26. The fraction of sp³-hybridized carbons (Fsp3) is 0.188. The van der Waals surface area contributed by atoms with E-state index in [0.29, 0.717) is 5.69 Å². The van der Waals surface area contributed by atoms with Gasteiger partial charge in [0.15, 0.2) is 5.75 Å². The van der Waals surface area contributed by atoms with Gasteiger partial charge >= 0.3 is 5.69 Å². The van der Waals surface area contributed by atoms with Gasteiger partial charge in [-0.25, -0.2) is 0 Å². The van der Waals surface area contributed by atoms with Gasteiger partial charge in [0.25, 0.3) is 5.91 Å². The number of methoxy groups -OCH3 is 1. The molecule has 2 rings (SSSR count). The number of rotatable bonds is 4. The summed E-state index contributed by atoms with van der Waals surface area (Å²) < 4.78 is 4.92. The number of ether oxygens (including phenoxy) is 1. The quantitative estimate of drug-likeness (QED) is 0.692. The van der Waals surface area contributed by atoms with Crippen molar-refractivity contribution >= 4 is 17.3 Å². The molecule has 2 aromatic rings. The predicted molar refractivity (Wildman–Crippen MR) is 83.5 cm³/mol. The first-order chi connectivity index (χ1) is 10.4. The van der Waals surface area contributed by atoms with Gasteiger partial charge in [0.05, 0.1) is 12.0 Å². The summed E-state index contributed by atoms with van der Waals surface area (Å²) in [5, 5.41) is 13.8. The number of amides is 1. The Balaban J connectivity index is 2.32. The smallest absolute Gasteiger partial charge is 0.311 e. The van der Waals surface area contributed by atoms with Crippen molar-refractivity contribution in [1.29, 1.82) is 0 Å². The Morgan fingerprint density at radius 2 is 1.91 bits per heavy atom. The predicted octanol–water partition coefficient (Wildman–Crippen LogP) is 3.47. The molecule has 0 unspecified atom stereocenters. The average molecular weight is 300 g/mol. The summed E-state index contributed by atoms with van der Waals surface area (Å²) in [7, 11) is 1.35. The molecule has 0 spiro atoms. The van der Waals surface area contributed by atoms with Crippen LogP contribution >= 0.6 is 0 Å². The third-order valence-corrected chi connectivity index (χ3v) is 3.28. The highest BCUT2D eigenvalue weighted by atomic mass is 16.6. The Kier molecular flexibility index (Phi) is 4.41. The summed E-state index contributed by atoms with van der Waals surface area (Å²) >= 11 is 0. The van der Waals surface area contributed by atoms with Crippen molar-refractivity contribution in [3.05, 3.63) is 63.2 Å². The Morgan fingerprint density at radius 3 is 2.55 bits per heavy atom. The number of anilines is 1. The van der Waals surface area contributed by atoms with E-state index >= 15 is 0 Å². The highest BCUT2D eigenvalue weighted by molar-refractivity contribution is 6.05. The SMILES string of the molecule is COc1ccc(C(=O)Nc2cc(C)ccc2C)cc1[N+](=O)[O-]. The van der Waals surface area contributed by atoms with Gasteiger partial charge < -0.3 is 10.1 Å². The second-order valence-electron chi connectivity index (χ2n) is 4.92. The second-order valence-corrected chi connectivity index (χ2v) is 4.92. The maximum absolute atomic E-state index is 12.3. The molecule has 0 saturated heterocycles. The number of nitro groups is 1. The Labute approximate surface area is 127 Å². The number of carbonyl (C=O) groups is 1. The third-order valence-electron chi connectivity index (χ3n) is 3.28. The highest BCUT2D eigenvalue weighted by Gasteiger charge is 2.18. The first-order valence-corrected chi connectivity index (χ1v) is 6.63. The number of carbonyl (C=O) groups excluding carboxylic acids is 1. The van der Waals surface area contributed by atoms with Crippen LogP contribution in [0.2, 0.25) is 0 Å². The normalized spacial score (nSPS) is 10.1. The van der Waals surface area contributed by atoms with Crippen LogP contribution in [0.5, 0.6) is 5.75 Å². The van der Waals surface area contributed by atoms with Crippen molar-refractivity contribution in [2.45, 2.75) is 13.8 Å². The van der Waals surface area contributed by atoms with E-state index in [2.05, 4.69) is 5.32 Å². The molecule has 0 bridgehead atoms. The van der Waals surface area contributed by atoms with Crippen molar-refractivity contribution in [3.8, 4) is 5.75 Å². The molecule has 2 aromatic carbocycles. The number of nitro benzene ring substituents is 1. The molecular formula is C16H16N2O4. The minimum atomic E-state index is -0.576. The fourth-order valence-electron chi connectivity index (χ4n) is 2.04. The number of aryl methyl sites for hydroxylation is 2. The first kappa shape index (κ1) is 15.5. The van der Waals surface area contributed by atoms with Gasteiger partial charge in [-0.05, 0) is 43.2 Å². The molecule has 0 saturated carbocycles. The van der Waals surface area contributed by atoms with E-state index in [1.165, 1.54) is 25.3 Å². The molecule has 6 nitrogen and oxygen atoms in total. The number of hydrogen-bond donors (Lipinski definition) is 1. The van der Waals surface area contributed by atoms with Crippen molar-refractivity contribution in [2.24, 2.45) is 0 Å². The van der Waals surface area contributed by atoms with Gasteiger partial charge in [-0.2, -0.15) is 0 Å². The van der Waals surface area contributed by atoms with Gasteiger partial charge in [0.1, 0.15) is 0 Å². The molecule has 0 aliphatic heterocycles. The lowest BCUT2D eigenvalue weighted by molar-refractivity contribution is -0.385. The molecular weight excluding hydrogens is 284 g/mol. The topological polar surface area (TPSA) is 81.5 Å². The van der Waals surface area contributed by atoms with Crippen LogP contribution in [0.15, 0.2) is 36.4 Å². The highest BCUT2D eigenvalue weighted by Crippen LogP contribution is 2.28. The summed E-state index contributed by atoms with van der Waals surface area (Å²) in [6.07, 6.45) is 0. The summed E-state index contributed by atoms with van der Waals surface area (Å²) in [5.41, 5.74) is 2.58. The Bertz CT molecular complexity index is 741. The number of hydrogen-bond acceptors (Lipinski definition) is 4. The van der Waals surface area contributed by atoms with E-state index in [9.17, 15) is 14.9 Å². The molecule has 0 aliphatic carbocycles. The molecule has 1 amide bonds. The average Bonchev–Trinajstić information content (AvgIpc) is 2.50. The molecule has 6 heteroatoms. The van der Waals surface area contributed by atoms with Crippen LogP contribution in [0, 0.1) is 24.0 Å². The fourth-order valence-corrected chi connectivity index (χ4v) is 2.04. The number of nitrogens with zero attached hydrogens (tertiary/aromatic N) is 1. The standard InChI is InChI=1S/C16H16N2O4/c1-10-4-5-11(2)13(8-10)17-16(19)12-6-7-15(22-3)14(9-12)18(20)21/h4-9H,1-3H3,(H,17,19). The molecule has 0 aliphatic rings. The van der Waals surface area contributed by atoms with Crippen molar-refractivity contribution in [3.63, 3.8) is 0 Å². The van der Waals surface area contributed by atoms with Crippen LogP contribution in [0.3, 0.4) is 0 Å². The molecule has 1 N–H and O–H groups in total. The molecule has 0 fully saturated rings. The van der Waals surface area contributed by atoms with Gasteiger partial charge in [-0.3, -0.25) is 14.9 Å². The molecule has 0 atom stereocenters. The largest absolute Gasteiger partial charge is 0.490 e. The van der Waals surface area contributed by atoms with Crippen molar-refractivity contribution in [1.82, 2.24) is 0 Å². The zero-order valence-corrected chi connectivity index (χ0v) is 12.5.